The second kappa shape index (κ2) is 8.86. The van der Waals surface area contributed by atoms with Gasteiger partial charge in [0.1, 0.15) is 11.6 Å². The highest BCUT2D eigenvalue weighted by molar-refractivity contribution is 7.92. The quantitative estimate of drug-likeness (QED) is 0.616. The Hall–Kier alpha value is -3.24. The average molecular weight is 442 g/mol. The average Bonchev–Trinajstić information content (AvgIpc) is 2.72. The molecule has 0 aliphatic carbocycles. The second-order valence-electron chi connectivity index (χ2n) is 7.21. The lowest BCUT2D eigenvalue weighted by atomic mass is 10.2. The van der Waals surface area contributed by atoms with E-state index in [4.69, 9.17) is 9.47 Å². The van der Waals surface area contributed by atoms with Crippen molar-refractivity contribution in [3.05, 3.63) is 64.6 Å². The van der Waals surface area contributed by atoms with E-state index in [0.29, 0.717) is 43.1 Å². The maximum absolute atomic E-state index is 12.5. The van der Waals surface area contributed by atoms with Gasteiger partial charge in [0.25, 0.3) is 0 Å². The van der Waals surface area contributed by atoms with Crippen molar-refractivity contribution in [1.82, 2.24) is 14.5 Å². The summed E-state index contributed by atoms with van der Waals surface area (Å²) in [5, 5.41) is 0. The summed E-state index contributed by atoms with van der Waals surface area (Å²) >= 11 is 0. The first-order valence-electron chi connectivity index (χ1n) is 9.79. The van der Waals surface area contributed by atoms with Crippen molar-refractivity contribution in [2.45, 2.75) is 19.4 Å². The van der Waals surface area contributed by atoms with E-state index in [-0.39, 0.29) is 23.1 Å². The molecule has 2 aliphatic heterocycles. The molecule has 0 saturated carbocycles. The fourth-order valence-corrected chi connectivity index (χ4v) is 4.18. The minimum Gasteiger partial charge on any atom is -0.424 e. The summed E-state index contributed by atoms with van der Waals surface area (Å²) in [5.74, 6) is 0.538. The zero-order valence-corrected chi connectivity index (χ0v) is 17.8. The number of aromatic nitrogens is 3. The van der Waals surface area contributed by atoms with Gasteiger partial charge < -0.3 is 14.0 Å². The molecule has 4 heterocycles. The number of anilines is 1. The van der Waals surface area contributed by atoms with Crippen molar-refractivity contribution in [1.29, 1.82) is 0 Å². The van der Waals surface area contributed by atoms with Gasteiger partial charge in [0, 0.05) is 37.5 Å². The van der Waals surface area contributed by atoms with Crippen molar-refractivity contribution >= 4 is 15.8 Å². The predicted octanol–water partition coefficient (Wildman–Crippen LogP) is 2.69. The van der Waals surface area contributed by atoms with Crippen LogP contribution < -0.4 is 15.0 Å². The molecule has 0 spiro atoms. The molecule has 1 aromatic carbocycles. The molecular formula is C21H22N4O5S. The molecule has 2 aromatic heterocycles. The summed E-state index contributed by atoms with van der Waals surface area (Å²) in [4.78, 5) is 20.4. The van der Waals surface area contributed by atoms with E-state index in [1.54, 1.807) is 31.4 Å². The van der Waals surface area contributed by atoms with Crippen LogP contribution in [0.2, 0.25) is 0 Å². The SMILES string of the molecule is Cn1cc(-c2cc3nc(n2)Oc2ccc(cc2)COCCCCS(=O)(=O)N3)ccc1=O. The van der Waals surface area contributed by atoms with Crippen molar-refractivity contribution in [3.8, 4) is 23.0 Å². The molecule has 4 bridgehead atoms. The van der Waals surface area contributed by atoms with E-state index < -0.39 is 10.0 Å². The van der Waals surface area contributed by atoms with Gasteiger partial charge in [0.05, 0.1) is 18.1 Å². The molecule has 31 heavy (non-hydrogen) atoms. The molecule has 0 amide bonds. The van der Waals surface area contributed by atoms with E-state index in [0.717, 1.165) is 5.56 Å². The van der Waals surface area contributed by atoms with Crippen LogP contribution >= 0.6 is 0 Å². The van der Waals surface area contributed by atoms with Crippen LogP contribution in [0, 0.1) is 0 Å². The summed E-state index contributed by atoms with van der Waals surface area (Å²) in [5.41, 5.74) is 1.86. The zero-order chi connectivity index (χ0) is 21.8. The lowest BCUT2D eigenvalue weighted by Gasteiger charge is -2.13. The van der Waals surface area contributed by atoms with Crippen molar-refractivity contribution in [3.63, 3.8) is 0 Å². The first-order chi connectivity index (χ1) is 14.9. The Labute approximate surface area is 179 Å². The van der Waals surface area contributed by atoms with Crippen LogP contribution in [0.15, 0.2) is 53.5 Å². The van der Waals surface area contributed by atoms with Crippen LogP contribution in [-0.2, 0) is 28.4 Å². The van der Waals surface area contributed by atoms with Crippen LogP contribution in [0.4, 0.5) is 5.82 Å². The number of ether oxygens (including phenoxy) is 2. The van der Waals surface area contributed by atoms with Crippen LogP contribution in [0.25, 0.3) is 11.3 Å². The third-order valence-electron chi connectivity index (χ3n) is 4.70. The number of pyridine rings is 1. The molecule has 1 N–H and O–H groups in total. The Balaban J connectivity index is 1.76. The monoisotopic (exact) mass is 442 g/mol. The van der Waals surface area contributed by atoms with Crippen molar-refractivity contribution in [2.75, 3.05) is 17.1 Å². The maximum atomic E-state index is 12.5. The summed E-state index contributed by atoms with van der Waals surface area (Å²) < 4.78 is 40.3. The third-order valence-corrected chi connectivity index (χ3v) is 6.05. The number of nitrogens with one attached hydrogen (secondary N) is 1. The Bertz CT molecular complexity index is 1240. The van der Waals surface area contributed by atoms with Gasteiger partial charge in [-0.15, -0.1) is 0 Å². The first-order valence-corrected chi connectivity index (χ1v) is 11.4. The molecule has 9 nitrogen and oxygen atoms in total. The Morgan fingerprint density at radius 3 is 2.65 bits per heavy atom. The molecule has 0 radical (unpaired) electrons. The Morgan fingerprint density at radius 2 is 1.87 bits per heavy atom. The van der Waals surface area contributed by atoms with E-state index in [1.807, 2.05) is 12.1 Å². The van der Waals surface area contributed by atoms with Gasteiger partial charge in [-0.25, -0.2) is 8.42 Å². The van der Waals surface area contributed by atoms with Gasteiger partial charge in [0.15, 0.2) is 0 Å². The Kier molecular flexibility index (Phi) is 6.01. The summed E-state index contributed by atoms with van der Waals surface area (Å²) in [6.07, 6.45) is 2.70. The number of fused-ring (bicyclic) bond motifs is 9. The van der Waals surface area contributed by atoms with Crippen molar-refractivity contribution < 1.29 is 17.9 Å². The lowest BCUT2D eigenvalue weighted by Crippen LogP contribution is -2.18. The van der Waals surface area contributed by atoms with Crippen molar-refractivity contribution in [2.24, 2.45) is 7.05 Å². The lowest BCUT2D eigenvalue weighted by molar-refractivity contribution is 0.118. The van der Waals surface area contributed by atoms with Crippen LogP contribution in [-0.4, -0.2) is 35.3 Å². The minimum atomic E-state index is -3.62. The van der Waals surface area contributed by atoms with E-state index in [2.05, 4.69) is 14.7 Å². The highest BCUT2D eigenvalue weighted by atomic mass is 32.2. The van der Waals surface area contributed by atoms with Gasteiger partial charge in [-0.3, -0.25) is 9.52 Å². The predicted molar refractivity (Wildman–Crippen MR) is 116 cm³/mol. The van der Waals surface area contributed by atoms with E-state index in [1.165, 1.54) is 16.7 Å². The van der Waals surface area contributed by atoms with E-state index in [9.17, 15) is 13.2 Å². The number of aryl methyl sites for hydroxylation is 1. The summed E-state index contributed by atoms with van der Waals surface area (Å²) in [6, 6.07) is 11.9. The summed E-state index contributed by atoms with van der Waals surface area (Å²) in [7, 11) is -1.99. The molecule has 2 aliphatic rings. The van der Waals surface area contributed by atoms with Crippen LogP contribution in [0.3, 0.4) is 0 Å². The van der Waals surface area contributed by atoms with E-state index >= 15 is 0 Å². The molecule has 0 saturated heterocycles. The largest absolute Gasteiger partial charge is 0.424 e. The second-order valence-corrected chi connectivity index (χ2v) is 9.06. The number of hydrogen-bond donors (Lipinski definition) is 1. The molecule has 3 aromatic rings. The minimum absolute atomic E-state index is 0.0138. The molecule has 5 rings (SSSR count). The fourth-order valence-electron chi connectivity index (χ4n) is 3.07. The molecular weight excluding hydrogens is 420 g/mol. The molecule has 10 heteroatoms. The van der Waals surface area contributed by atoms with Gasteiger partial charge in [0.2, 0.25) is 15.6 Å². The van der Waals surface area contributed by atoms with Crippen LogP contribution in [0.5, 0.6) is 11.8 Å². The maximum Gasteiger partial charge on any atom is 0.324 e. The van der Waals surface area contributed by atoms with Gasteiger partial charge in [-0.1, -0.05) is 12.1 Å². The molecule has 162 valence electrons. The molecule has 0 unspecified atom stereocenters. The van der Waals surface area contributed by atoms with Gasteiger partial charge >= 0.3 is 6.01 Å². The topological polar surface area (TPSA) is 112 Å². The highest BCUT2D eigenvalue weighted by Gasteiger charge is 2.16. The van der Waals surface area contributed by atoms with Crippen LogP contribution in [0.1, 0.15) is 18.4 Å². The highest BCUT2D eigenvalue weighted by Crippen LogP contribution is 2.26. The standard InChI is InChI=1S/C21H22N4O5S/c1-25-13-16(6-9-20(25)26)18-12-19-23-21(22-18)30-17-7-4-15(5-8-17)14-29-10-2-3-11-31(27,28)24-19/h4-9,12-13H,2-3,10-11,14H2,1H3,(H,22,23,24). The first kappa shape index (κ1) is 21.0. The Morgan fingerprint density at radius 1 is 1.06 bits per heavy atom. The summed E-state index contributed by atoms with van der Waals surface area (Å²) in [6.45, 7) is 0.913. The third kappa shape index (κ3) is 5.47. The number of hydrogen-bond acceptors (Lipinski definition) is 7. The van der Waals surface area contributed by atoms with Gasteiger partial charge in [-0.05, 0) is 36.6 Å². The van der Waals surface area contributed by atoms with Gasteiger partial charge in [-0.2, -0.15) is 9.97 Å². The number of nitrogens with zero attached hydrogens (tertiary/aromatic N) is 3. The fraction of sp³-hybridized carbons (Fsp3) is 0.286. The number of sulfonamides is 1. The number of benzene rings is 1. The molecule has 0 atom stereocenters. The zero-order valence-electron chi connectivity index (χ0n) is 16.9. The molecule has 0 fully saturated rings. The number of rotatable bonds is 1. The smallest absolute Gasteiger partial charge is 0.324 e. The normalized spacial score (nSPS) is 16.3.